The number of hydrogen-bond acceptors (Lipinski definition) is 3. The Labute approximate surface area is 215 Å². The number of guanidine groups is 1. The highest BCUT2D eigenvalue weighted by Crippen LogP contribution is 2.37. The lowest BCUT2D eigenvalue weighted by Crippen LogP contribution is -2.37. The van der Waals surface area contributed by atoms with Gasteiger partial charge in [0.05, 0.1) is 22.8 Å². The second-order valence-electron chi connectivity index (χ2n) is 9.90. The van der Waals surface area contributed by atoms with Gasteiger partial charge in [0.1, 0.15) is 0 Å². The molecule has 2 aromatic carbocycles. The third-order valence-corrected chi connectivity index (χ3v) is 7.14. The molecule has 1 fully saturated rings. The van der Waals surface area contributed by atoms with Gasteiger partial charge in [-0.2, -0.15) is 5.10 Å². The number of rotatable bonds is 10. The van der Waals surface area contributed by atoms with Gasteiger partial charge in [0.15, 0.2) is 5.96 Å². The van der Waals surface area contributed by atoms with Crippen LogP contribution in [-0.2, 0) is 0 Å². The molecule has 7 nitrogen and oxygen atoms in total. The summed E-state index contributed by atoms with van der Waals surface area (Å²) in [6.07, 6.45) is 13.0. The minimum Gasteiger partial charge on any atom is -0.370 e. The van der Waals surface area contributed by atoms with Crippen LogP contribution in [0.3, 0.4) is 0 Å². The fourth-order valence-electron chi connectivity index (χ4n) is 5.27. The van der Waals surface area contributed by atoms with Crippen molar-refractivity contribution in [3.05, 3.63) is 54.1 Å². The van der Waals surface area contributed by atoms with E-state index in [-0.39, 0.29) is 12.0 Å². The van der Waals surface area contributed by atoms with Gasteiger partial charge in [0.2, 0.25) is 0 Å². The van der Waals surface area contributed by atoms with Gasteiger partial charge in [-0.05, 0) is 49.6 Å². The van der Waals surface area contributed by atoms with Crippen LogP contribution in [0.15, 0.2) is 58.6 Å². The van der Waals surface area contributed by atoms with E-state index in [0.29, 0.717) is 18.2 Å². The van der Waals surface area contributed by atoms with Crippen LogP contribution in [0.2, 0.25) is 0 Å². The number of fused-ring (bicyclic) bond motifs is 1. The Kier molecular flexibility index (Phi) is 8.98. The van der Waals surface area contributed by atoms with Crippen molar-refractivity contribution in [3.63, 3.8) is 0 Å². The van der Waals surface area contributed by atoms with Gasteiger partial charge in [0, 0.05) is 18.0 Å². The quantitative estimate of drug-likeness (QED) is 0.218. The number of aliphatic imine (C=N–C) groups is 1. The van der Waals surface area contributed by atoms with Crippen molar-refractivity contribution in [3.8, 4) is 0 Å². The van der Waals surface area contributed by atoms with Crippen molar-refractivity contribution in [2.24, 2.45) is 27.5 Å². The molecule has 36 heavy (non-hydrogen) atoms. The molecule has 4 N–H and O–H groups in total. The van der Waals surface area contributed by atoms with Crippen molar-refractivity contribution in [1.82, 2.24) is 5.01 Å². The predicted octanol–water partition coefficient (Wildman–Crippen LogP) is 6.81. The molecule has 0 aromatic heterocycles. The number of benzene rings is 2. The van der Waals surface area contributed by atoms with Crippen LogP contribution in [0, 0.1) is 5.92 Å². The number of hydrazone groups is 1. The number of carbonyl (C=O) groups excluding carboxylic acids is 1. The van der Waals surface area contributed by atoms with E-state index < -0.39 is 0 Å². The highest BCUT2D eigenvalue weighted by Gasteiger charge is 2.33. The van der Waals surface area contributed by atoms with Gasteiger partial charge in [-0.25, -0.2) is 14.8 Å². The molecular weight excluding hydrogens is 448 g/mol. The fourth-order valence-corrected chi connectivity index (χ4v) is 5.27. The van der Waals surface area contributed by atoms with Crippen LogP contribution in [0.25, 0.3) is 0 Å². The molecule has 0 saturated heterocycles. The van der Waals surface area contributed by atoms with E-state index >= 15 is 0 Å². The largest absolute Gasteiger partial charge is 0.370 e. The van der Waals surface area contributed by atoms with Gasteiger partial charge in [-0.1, -0.05) is 76.5 Å². The lowest BCUT2D eigenvalue weighted by molar-refractivity contribution is 0.208. The lowest BCUT2D eigenvalue weighted by Gasteiger charge is -2.26. The molecule has 0 spiro atoms. The second-order valence-corrected chi connectivity index (χ2v) is 9.90. The first-order valence-electron chi connectivity index (χ1n) is 13.6. The lowest BCUT2D eigenvalue weighted by atomic mass is 9.83. The molecule has 0 bridgehead atoms. The Balaban J connectivity index is 1.68. The average Bonchev–Trinajstić information content (AvgIpc) is 3.01. The molecule has 1 aliphatic carbocycles. The Morgan fingerprint density at radius 1 is 0.944 bits per heavy atom. The molecule has 7 heteroatoms. The topological polar surface area (TPSA) is 100 Å². The Hall–Kier alpha value is -3.35. The predicted molar refractivity (Wildman–Crippen MR) is 149 cm³/mol. The normalized spacial score (nSPS) is 16.4. The molecule has 1 aliphatic heterocycles. The molecule has 192 valence electrons. The van der Waals surface area contributed by atoms with E-state index in [0.717, 1.165) is 48.3 Å². The van der Waals surface area contributed by atoms with Crippen molar-refractivity contribution in [2.45, 2.75) is 77.6 Å². The van der Waals surface area contributed by atoms with Crippen LogP contribution in [0.5, 0.6) is 0 Å². The number of urea groups is 1. The van der Waals surface area contributed by atoms with E-state index in [1.807, 2.05) is 42.5 Å². The van der Waals surface area contributed by atoms with Gasteiger partial charge in [-0.15, -0.1) is 0 Å². The van der Waals surface area contributed by atoms with E-state index in [1.54, 1.807) is 9.91 Å². The van der Waals surface area contributed by atoms with Crippen LogP contribution in [0.4, 0.5) is 21.9 Å². The third kappa shape index (κ3) is 6.25. The molecule has 0 radical (unpaired) electrons. The number of nitrogens with two attached hydrogens (primary N) is 2. The minimum absolute atomic E-state index is 0.00887. The third-order valence-electron chi connectivity index (χ3n) is 7.14. The maximum atomic E-state index is 14.0. The zero-order valence-electron chi connectivity index (χ0n) is 21.5. The maximum absolute atomic E-state index is 14.0. The summed E-state index contributed by atoms with van der Waals surface area (Å²) in [5, 5.41) is 6.81. The number of anilines is 2. The summed E-state index contributed by atoms with van der Waals surface area (Å²) in [4.78, 5) is 20.0. The first-order valence-corrected chi connectivity index (χ1v) is 13.6. The van der Waals surface area contributed by atoms with Gasteiger partial charge in [-0.3, -0.25) is 4.90 Å². The highest BCUT2D eigenvalue weighted by molar-refractivity contribution is 6.13. The van der Waals surface area contributed by atoms with E-state index in [1.165, 1.54) is 44.9 Å². The molecule has 1 saturated carbocycles. The van der Waals surface area contributed by atoms with Gasteiger partial charge >= 0.3 is 6.03 Å². The molecule has 1 heterocycles. The minimum atomic E-state index is -0.114. The monoisotopic (exact) mass is 488 g/mol. The van der Waals surface area contributed by atoms with Crippen LogP contribution < -0.4 is 16.4 Å². The first-order chi connectivity index (χ1) is 17.6. The molecule has 0 unspecified atom stereocenters. The number of nitrogens with zero attached hydrogens (tertiary/aromatic N) is 4. The van der Waals surface area contributed by atoms with Crippen LogP contribution in [-0.4, -0.2) is 29.3 Å². The number of para-hydroxylation sites is 1. The van der Waals surface area contributed by atoms with E-state index in [4.69, 9.17) is 16.6 Å². The second kappa shape index (κ2) is 12.6. The van der Waals surface area contributed by atoms with Crippen molar-refractivity contribution in [2.75, 3.05) is 11.4 Å². The smallest absolute Gasteiger partial charge is 0.349 e. The van der Waals surface area contributed by atoms with E-state index in [2.05, 4.69) is 18.0 Å². The zero-order valence-corrected chi connectivity index (χ0v) is 21.5. The summed E-state index contributed by atoms with van der Waals surface area (Å²) in [7, 11) is 0. The number of hydrogen-bond donors (Lipinski definition) is 2. The summed E-state index contributed by atoms with van der Waals surface area (Å²) in [5.74, 6) is 0.388. The maximum Gasteiger partial charge on any atom is 0.349 e. The first kappa shape index (κ1) is 25.7. The molecule has 2 aromatic rings. The molecule has 2 amide bonds. The van der Waals surface area contributed by atoms with Crippen molar-refractivity contribution < 1.29 is 4.79 Å². The standard InChI is InChI=1S/C29H40N6O/c1-2-3-4-5-6-12-21-34-29(36)35(24-19-17-23(18-20-24)32-28(30)31)26-16-11-10-15-25(26)27(33-34)22-13-8-7-9-14-22/h10-11,15-20,22H,2-9,12-14,21H2,1H3,(H4,30,31,32). The summed E-state index contributed by atoms with van der Waals surface area (Å²) < 4.78 is 0. The summed E-state index contributed by atoms with van der Waals surface area (Å²) >= 11 is 0. The summed E-state index contributed by atoms with van der Waals surface area (Å²) in [6, 6.07) is 15.5. The number of unbranched alkanes of at least 4 members (excludes halogenated alkanes) is 5. The average molecular weight is 489 g/mol. The molecule has 4 rings (SSSR count). The Morgan fingerprint density at radius 3 is 2.36 bits per heavy atom. The summed E-state index contributed by atoms with van der Waals surface area (Å²) in [6.45, 7) is 2.85. The highest BCUT2D eigenvalue weighted by atomic mass is 16.2. The molecule has 0 atom stereocenters. The Morgan fingerprint density at radius 2 is 1.64 bits per heavy atom. The summed E-state index contributed by atoms with van der Waals surface area (Å²) in [5.41, 5.74) is 15.5. The molecule has 2 aliphatic rings. The number of amides is 2. The van der Waals surface area contributed by atoms with Gasteiger partial charge in [0.25, 0.3) is 0 Å². The SMILES string of the molecule is CCCCCCCCN1N=C(C2CCCCC2)c2ccccc2N(c2ccc(N=C(N)N)cc2)C1=O. The molecular formula is C29H40N6O. The van der Waals surface area contributed by atoms with Crippen LogP contribution >= 0.6 is 0 Å². The van der Waals surface area contributed by atoms with Gasteiger partial charge < -0.3 is 11.5 Å². The van der Waals surface area contributed by atoms with Crippen molar-refractivity contribution >= 4 is 34.8 Å². The fraction of sp³-hybridized carbons (Fsp3) is 0.483. The van der Waals surface area contributed by atoms with E-state index in [9.17, 15) is 4.79 Å². The van der Waals surface area contributed by atoms with Crippen LogP contribution in [0.1, 0.15) is 83.1 Å². The zero-order chi connectivity index (χ0) is 25.3. The Bertz CT molecular complexity index is 1070. The number of carbonyl (C=O) groups is 1. The van der Waals surface area contributed by atoms with Crippen molar-refractivity contribution in [1.29, 1.82) is 0 Å².